The topological polar surface area (TPSA) is 59.8 Å². The third kappa shape index (κ3) is 8.18. The molecule has 0 spiro atoms. The number of carbonyl (C=O) groups is 1. The van der Waals surface area contributed by atoms with Gasteiger partial charge in [-0.05, 0) is 48.4 Å². The zero-order valence-electron chi connectivity index (χ0n) is 22.7. The predicted octanol–water partition coefficient (Wildman–Crippen LogP) is 6.64. The van der Waals surface area contributed by atoms with Crippen LogP contribution in [0.25, 0.3) is 0 Å². The summed E-state index contributed by atoms with van der Waals surface area (Å²) in [5.74, 6) is 0.889. The molecule has 0 radical (unpaired) electrons. The van der Waals surface area contributed by atoms with E-state index in [0.29, 0.717) is 49.4 Å². The molecule has 42 heavy (non-hydrogen) atoms. The van der Waals surface area contributed by atoms with E-state index in [0.717, 1.165) is 22.4 Å². The van der Waals surface area contributed by atoms with Gasteiger partial charge in [0.15, 0.2) is 5.82 Å². The van der Waals surface area contributed by atoms with E-state index >= 15 is 0 Å². The number of halogens is 5. The zero-order chi connectivity index (χ0) is 29.0. The highest BCUT2D eigenvalue weighted by Crippen LogP contribution is 2.27. The summed E-state index contributed by atoms with van der Waals surface area (Å²) in [6.45, 7) is 4.38. The molecular formula is C30H29Cl2F3N4O3. The number of hydrogen-bond donors (Lipinski definition) is 0. The number of ether oxygens (including phenoxy) is 2. The first kappa shape index (κ1) is 31.2. The van der Waals surface area contributed by atoms with Gasteiger partial charge in [0.25, 0.3) is 0 Å². The molecule has 1 amide bonds. The van der Waals surface area contributed by atoms with Gasteiger partial charge >= 0.3 is 6.36 Å². The lowest BCUT2D eigenvalue weighted by atomic mass is 10.2. The second-order valence-electron chi connectivity index (χ2n) is 9.78. The molecule has 1 aliphatic rings. The standard InChI is InChI=1S/C30H28ClF3N4O3.ClH/c1-21-15-28(35-38(21)18-24-16-25(31)9-12-27(24)40-20-23-5-3-2-4-6-23)37-14-13-36(19-29(37)39)17-22-7-10-26(11-8-22)41-30(32,33)34;/h2-12,15-16H,13-14,17-20H2,1H3;1H. The van der Waals surface area contributed by atoms with Crippen LogP contribution in [0.2, 0.25) is 5.02 Å². The van der Waals surface area contributed by atoms with Crippen LogP contribution in [0.3, 0.4) is 0 Å². The Bertz CT molecular complexity index is 1500. The molecule has 2 heterocycles. The molecule has 0 aliphatic carbocycles. The van der Waals surface area contributed by atoms with Crippen molar-refractivity contribution in [2.45, 2.75) is 33.0 Å². The number of alkyl halides is 3. The Labute approximate surface area is 252 Å². The van der Waals surface area contributed by atoms with Crippen LogP contribution in [0.4, 0.5) is 19.0 Å². The number of aromatic nitrogens is 2. The number of amides is 1. The largest absolute Gasteiger partial charge is 0.573 e. The Morgan fingerprint density at radius 2 is 1.67 bits per heavy atom. The summed E-state index contributed by atoms with van der Waals surface area (Å²) >= 11 is 6.30. The van der Waals surface area contributed by atoms with Gasteiger partial charge in [0.2, 0.25) is 5.91 Å². The summed E-state index contributed by atoms with van der Waals surface area (Å²) in [7, 11) is 0. The van der Waals surface area contributed by atoms with Gasteiger partial charge < -0.3 is 9.47 Å². The minimum Gasteiger partial charge on any atom is -0.489 e. The fourth-order valence-electron chi connectivity index (χ4n) is 4.65. The molecule has 5 rings (SSSR count). The number of rotatable bonds is 9. The number of aryl methyl sites for hydroxylation is 1. The van der Waals surface area contributed by atoms with E-state index in [4.69, 9.17) is 21.4 Å². The number of anilines is 1. The Kier molecular flexibility index (Phi) is 10.0. The smallest absolute Gasteiger partial charge is 0.489 e. The molecule has 0 atom stereocenters. The van der Waals surface area contributed by atoms with Crippen molar-refractivity contribution in [1.82, 2.24) is 14.7 Å². The minimum absolute atomic E-state index is 0. The molecule has 0 unspecified atom stereocenters. The van der Waals surface area contributed by atoms with Crippen molar-refractivity contribution in [3.8, 4) is 11.5 Å². The predicted molar refractivity (Wildman–Crippen MR) is 156 cm³/mol. The molecule has 3 aromatic carbocycles. The molecule has 1 aromatic heterocycles. The normalized spacial score (nSPS) is 14.0. The van der Waals surface area contributed by atoms with Crippen molar-refractivity contribution < 1.29 is 27.4 Å². The van der Waals surface area contributed by atoms with Gasteiger partial charge in [-0.25, -0.2) is 0 Å². The van der Waals surface area contributed by atoms with Crippen LogP contribution in [-0.2, 0) is 24.5 Å². The Morgan fingerprint density at radius 3 is 2.36 bits per heavy atom. The Morgan fingerprint density at radius 1 is 0.929 bits per heavy atom. The maximum Gasteiger partial charge on any atom is 0.573 e. The van der Waals surface area contributed by atoms with Crippen LogP contribution in [0.5, 0.6) is 11.5 Å². The monoisotopic (exact) mass is 620 g/mol. The Hall–Kier alpha value is -3.73. The zero-order valence-corrected chi connectivity index (χ0v) is 24.3. The van der Waals surface area contributed by atoms with Crippen LogP contribution >= 0.6 is 24.0 Å². The number of hydrogen-bond acceptors (Lipinski definition) is 5. The summed E-state index contributed by atoms with van der Waals surface area (Å²) in [4.78, 5) is 16.7. The fraction of sp³-hybridized carbons (Fsp3) is 0.267. The minimum atomic E-state index is -4.73. The fourth-order valence-corrected chi connectivity index (χ4v) is 4.84. The van der Waals surface area contributed by atoms with Gasteiger partial charge in [-0.2, -0.15) is 5.10 Å². The second kappa shape index (κ2) is 13.5. The average molecular weight is 621 g/mol. The van der Waals surface area contributed by atoms with Crippen molar-refractivity contribution >= 4 is 35.7 Å². The quantitative estimate of drug-likeness (QED) is 0.210. The van der Waals surface area contributed by atoms with Gasteiger partial charge in [0.1, 0.15) is 18.1 Å². The molecule has 12 heteroatoms. The van der Waals surface area contributed by atoms with Crippen LogP contribution in [0.1, 0.15) is 22.4 Å². The highest BCUT2D eigenvalue weighted by Gasteiger charge is 2.31. The molecule has 1 aliphatic heterocycles. The van der Waals surface area contributed by atoms with Crippen LogP contribution < -0.4 is 14.4 Å². The molecule has 222 valence electrons. The van der Waals surface area contributed by atoms with Crippen LogP contribution in [0.15, 0.2) is 78.9 Å². The van der Waals surface area contributed by atoms with E-state index in [1.165, 1.54) is 12.1 Å². The van der Waals surface area contributed by atoms with E-state index in [1.54, 1.807) is 23.1 Å². The third-order valence-corrected chi connectivity index (χ3v) is 6.92. The number of piperazine rings is 1. The van der Waals surface area contributed by atoms with Crippen molar-refractivity contribution in [3.63, 3.8) is 0 Å². The lowest BCUT2D eigenvalue weighted by Crippen LogP contribution is -2.50. The van der Waals surface area contributed by atoms with E-state index in [9.17, 15) is 18.0 Å². The highest BCUT2D eigenvalue weighted by molar-refractivity contribution is 6.30. The summed E-state index contributed by atoms with van der Waals surface area (Å²) in [6.07, 6.45) is -4.73. The summed E-state index contributed by atoms with van der Waals surface area (Å²) in [6, 6.07) is 22.9. The first-order chi connectivity index (χ1) is 19.6. The molecule has 7 nitrogen and oxygen atoms in total. The summed E-state index contributed by atoms with van der Waals surface area (Å²) in [5, 5.41) is 5.30. The highest BCUT2D eigenvalue weighted by atomic mass is 35.5. The van der Waals surface area contributed by atoms with E-state index in [2.05, 4.69) is 4.74 Å². The van der Waals surface area contributed by atoms with Crippen molar-refractivity contribution in [2.75, 3.05) is 24.5 Å². The Balaban J connectivity index is 0.00000405. The van der Waals surface area contributed by atoms with Gasteiger partial charge in [-0.1, -0.05) is 54.1 Å². The van der Waals surface area contributed by atoms with Gasteiger partial charge in [0, 0.05) is 42.0 Å². The molecule has 0 N–H and O–H groups in total. The maximum atomic E-state index is 13.1. The summed E-state index contributed by atoms with van der Waals surface area (Å²) < 4.78 is 49.0. The van der Waals surface area contributed by atoms with E-state index in [-0.39, 0.29) is 30.6 Å². The van der Waals surface area contributed by atoms with Crippen LogP contribution in [0, 0.1) is 6.92 Å². The SMILES string of the molecule is Cc1cc(N2CCN(Cc3ccc(OC(F)(F)F)cc3)CC2=O)nn1Cc1cc(Cl)ccc1OCc1ccccc1.Cl. The lowest BCUT2D eigenvalue weighted by Gasteiger charge is -2.33. The molecule has 4 aromatic rings. The maximum absolute atomic E-state index is 13.1. The summed E-state index contributed by atoms with van der Waals surface area (Å²) in [5.41, 5.74) is 3.59. The number of nitrogens with zero attached hydrogens (tertiary/aromatic N) is 4. The molecule has 0 saturated carbocycles. The van der Waals surface area contributed by atoms with Gasteiger partial charge in [0.05, 0.1) is 13.1 Å². The van der Waals surface area contributed by atoms with Crippen molar-refractivity contribution in [1.29, 1.82) is 0 Å². The number of carbonyl (C=O) groups excluding carboxylic acids is 1. The first-order valence-corrected chi connectivity index (χ1v) is 13.4. The van der Waals surface area contributed by atoms with Gasteiger partial charge in [-0.3, -0.25) is 19.3 Å². The van der Waals surface area contributed by atoms with E-state index < -0.39 is 6.36 Å². The molecule has 1 fully saturated rings. The third-order valence-electron chi connectivity index (χ3n) is 6.69. The molecule has 0 bridgehead atoms. The molecular weight excluding hydrogens is 592 g/mol. The molecule has 1 saturated heterocycles. The van der Waals surface area contributed by atoms with Crippen LogP contribution in [-0.4, -0.2) is 46.6 Å². The van der Waals surface area contributed by atoms with Crippen molar-refractivity contribution in [3.05, 3.63) is 106 Å². The number of benzene rings is 3. The second-order valence-corrected chi connectivity index (χ2v) is 10.2. The van der Waals surface area contributed by atoms with E-state index in [1.807, 2.05) is 65.0 Å². The average Bonchev–Trinajstić information content (AvgIpc) is 3.28. The first-order valence-electron chi connectivity index (χ1n) is 13.0. The van der Waals surface area contributed by atoms with Gasteiger partial charge in [-0.15, -0.1) is 25.6 Å². The lowest BCUT2D eigenvalue weighted by molar-refractivity contribution is -0.274. The van der Waals surface area contributed by atoms with Crippen molar-refractivity contribution in [2.24, 2.45) is 0 Å².